The largest absolute Gasteiger partial charge is 0.481 e. The van der Waals surface area contributed by atoms with E-state index in [1.807, 2.05) is 0 Å². The van der Waals surface area contributed by atoms with Crippen molar-refractivity contribution in [1.82, 2.24) is 14.5 Å². The summed E-state index contributed by atoms with van der Waals surface area (Å²) >= 11 is 0. The fourth-order valence-electron chi connectivity index (χ4n) is 3.65. The monoisotopic (exact) mass is 291 g/mol. The van der Waals surface area contributed by atoms with Gasteiger partial charge in [0.25, 0.3) is 0 Å². The molecule has 0 aliphatic carbocycles. The molecule has 2 atom stereocenters. The number of carboxylic acids is 1. The Hall–Kier alpha value is -1.36. The summed E-state index contributed by atoms with van der Waals surface area (Å²) in [5.41, 5.74) is 1.10. The van der Waals surface area contributed by atoms with Crippen LogP contribution < -0.4 is 0 Å². The summed E-state index contributed by atoms with van der Waals surface area (Å²) in [4.78, 5) is 18.6. The van der Waals surface area contributed by atoms with Gasteiger partial charge in [-0.05, 0) is 46.1 Å². The van der Waals surface area contributed by atoms with Gasteiger partial charge in [0, 0.05) is 31.2 Å². The Morgan fingerprint density at radius 1 is 1.33 bits per heavy atom. The number of aromatic nitrogens is 2. The van der Waals surface area contributed by atoms with E-state index in [0.717, 1.165) is 37.4 Å². The van der Waals surface area contributed by atoms with Crippen molar-refractivity contribution in [3.63, 3.8) is 0 Å². The Labute approximate surface area is 126 Å². The maximum Gasteiger partial charge on any atom is 0.314 e. The Balaban J connectivity index is 1.82. The smallest absolute Gasteiger partial charge is 0.314 e. The average molecular weight is 291 g/mol. The quantitative estimate of drug-likeness (QED) is 0.929. The predicted octanol–water partition coefficient (Wildman–Crippen LogP) is 2.43. The number of rotatable bonds is 3. The minimum Gasteiger partial charge on any atom is -0.481 e. The number of imidazole rings is 1. The molecular weight excluding hydrogens is 266 g/mol. The van der Waals surface area contributed by atoms with Crippen molar-refractivity contribution in [2.75, 3.05) is 13.1 Å². The van der Waals surface area contributed by atoms with Crippen LogP contribution in [-0.4, -0.2) is 44.7 Å². The van der Waals surface area contributed by atoms with Crippen LogP contribution in [0.5, 0.6) is 0 Å². The van der Waals surface area contributed by atoms with E-state index in [9.17, 15) is 9.90 Å². The number of likely N-dealkylation sites (tertiary alicyclic amines) is 1. The van der Waals surface area contributed by atoms with E-state index in [1.54, 1.807) is 0 Å². The zero-order valence-electron chi connectivity index (χ0n) is 13.0. The molecule has 0 amide bonds. The van der Waals surface area contributed by atoms with Gasteiger partial charge in [0.05, 0.1) is 5.69 Å². The second-order valence-electron chi connectivity index (χ2n) is 6.68. The molecule has 0 radical (unpaired) electrons. The van der Waals surface area contributed by atoms with Crippen molar-refractivity contribution in [3.8, 4) is 0 Å². The average Bonchev–Trinajstić information content (AvgIpc) is 2.91. The van der Waals surface area contributed by atoms with Crippen LogP contribution in [0.15, 0.2) is 6.20 Å². The molecule has 21 heavy (non-hydrogen) atoms. The Kier molecular flexibility index (Phi) is 4.02. The minimum absolute atomic E-state index is 0.419. The Morgan fingerprint density at radius 2 is 2.10 bits per heavy atom. The van der Waals surface area contributed by atoms with Crippen molar-refractivity contribution in [2.24, 2.45) is 0 Å². The molecule has 0 saturated carbocycles. The number of hydrogen-bond donors (Lipinski definition) is 1. The summed E-state index contributed by atoms with van der Waals surface area (Å²) in [7, 11) is 0. The van der Waals surface area contributed by atoms with Gasteiger partial charge in [-0.15, -0.1) is 0 Å². The lowest BCUT2D eigenvalue weighted by atomic mass is 9.94. The molecule has 1 fully saturated rings. The van der Waals surface area contributed by atoms with Crippen LogP contribution in [0.2, 0.25) is 0 Å². The second kappa shape index (κ2) is 5.79. The lowest BCUT2D eigenvalue weighted by molar-refractivity contribution is -0.139. The highest BCUT2D eigenvalue weighted by Crippen LogP contribution is 2.32. The number of fused-ring (bicyclic) bond motifs is 1. The lowest BCUT2D eigenvalue weighted by Crippen LogP contribution is -2.39. The number of aryl methyl sites for hydroxylation is 1. The normalized spacial score (nSPS) is 26.8. The summed E-state index contributed by atoms with van der Waals surface area (Å²) < 4.78 is 2.08. The van der Waals surface area contributed by atoms with E-state index in [4.69, 9.17) is 4.98 Å². The first-order chi connectivity index (χ1) is 10.1. The van der Waals surface area contributed by atoms with Gasteiger partial charge in [0.1, 0.15) is 11.7 Å². The van der Waals surface area contributed by atoms with E-state index in [0.29, 0.717) is 18.4 Å². The van der Waals surface area contributed by atoms with Gasteiger partial charge in [0.15, 0.2) is 0 Å². The van der Waals surface area contributed by atoms with E-state index >= 15 is 0 Å². The first-order valence-corrected chi connectivity index (χ1v) is 8.10. The molecule has 3 heterocycles. The summed E-state index contributed by atoms with van der Waals surface area (Å²) in [5, 5.41) is 9.36. The highest BCUT2D eigenvalue weighted by molar-refractivity contribution is 5.75. The minimum atomic E-state index is -0.736. The Bertz CT molecular complexity index is 524. The third kappa shape index (κ3) is 2.84. The van der Waals surface area contributed by atoms with Gasteiger partial charge in [-0.25, -0.2) is 4.98 Å². The molecule has 1 N–H and O–H groups in total. The molecule has 5 nitrogen and oxygen atoms in total. The summed E-state index contributed by atoms with van der Waals surface area (Å²) in [5.74, 6) is 0.0666. The first kappa shape index (κ1) is 14.6. The standard InChI is InChI=1S/C16H25N3O2/c1-11(2)18-7-3-5-12(9-18)14-10-19-8-4-6-13(16(20)21)15(19)17-14/h10-13H,3-9H2,1-2H3,(H,20,21). The first-order valence-electron chi connectivity index (χ1n) is 8.10. The van der Waals surface area contributed by atoms with Crippen LogP contribution in [0.4, 0.5) is 0 Å². The van der Waals surface area contributed by atoms with Crippen LogP contribution in [0.3, 0.4) is 0 Å². The maximum absolute atomic E-state index is 11.4. The van der Waals surface area contributed by atoms with Crippen molar-refractivity contribution >= 4 is 5.97 Å². The number of hydrogen-bond acceptors (Lipinski definition) is 3. The van der Waals surface area contributed by atoms with Crippen LogP contribution in [-0.2, 0) is 11.3 Å². The summed E-state index contributed by atoms with van der Waals surface area (Å²) in [6, 6.07) is 0.566. The fraction of sp³-hybridized carbons (Fsp3) is 0.750. The van der Waals surface area contributed by atoms with Crippen LogP contribution >= 0.6 is 0 Å². The maximum atomic E-state index is 11.4. The number of aliphatic carboxylic acids is 1. The van der Waals surface area contributed by atoms with Crippen LogP contribution in [0, 0.1) is 0 Å². The predicted molar refractivity (Wildman–Crippen MR) is 80.5 cm³/mol. The third-order valence-corrected chi connectivity index (χ3v) is 4.93. The van der Waals surface area contributed by atoms with Crippen LogP contribution in [0.25, 0.3) is 0 Å². The SMILES string of the molecule is CC(C)N1CCCC(c2cn3c(n2)C(C(=O)O)CCC3)C1. The van der Waals surface area contributed by atoms with Gasteiger partial charge in [-0.1, -0.05) is 0 Å². The zero-order valence-corrected chi connectivity index (χ0v) is 13.0. The number of carbonyl (C=O) groups is 1. The molecule has 1 aromatic heterocycles. The number of nitrogens with zero attached hydrogens (tertiary/aromatic N) is 3. The molecule has 5 heteroatoms. The van der Waals surface area contributed by atoms with Crippen molar-refractivity contribution in [2.45, 2.75) is 64.0 Å². The van der Waals surface area contributed by atoms with Gasteiger partial charge < -0.3 is 14.6 Å². The van der Waals surface area contributed by atoms with E-state index in [1.165, 1.54) is 13.0 Å². The molecule has 1 saturated heterocycles. The molecular formula is C16H25N3O2. The Morgan fingerprint density at radius 3 is 2.81 bits per heavy atom. The lowest BCUT2D eigenvalue weighted by Gasteiger charge is -2.34. The molecule has 0 spiro atoms. The van der Waals surface area contributed by atoms with E-state index < -0.39 is 11.9 Å². The molecule has 0 aromatic carbocycles. The second-order valence-corrected chi connectivity index (χ2v) is 6.68. The zero-order chi connectivity index (χ0) is 15.0. The highest BCUT2D eigenvalue weighted by Gasteiger charge is 2.31. The molecule has 3 rings (SSSR count). The molecule has 2 aliphatic heterocycles. The van der Waals surface area contributed by atoms with Gasteiger partial charge in [0.2, 0.25) is 0 Å². The fourth-order valence-corrected chi connectivity index (χ4v) is 3.65. The van der Waals surface area contributed by atoms with E-state index in [-0.39, 0.29) is 0 Å². The summed E-state index contributed by atoms with van der Waals surface area (Å²) in [6.45, 7) is 7.60. The van der Waals surface area contributed by atoms with Gasteiger partial charge in [-0.3, -0.25) is 4.79 Å². The van der Waals surface area contributed by atoms with Crippen molar-refractivity contribution in [1.29, 1.82) is 0 Å². The molecule has 116 valence electrons. The molecule has 0 bridgehead atoms. The molecule has 2 unspecified atom stereocenters. The number of piperidine rings is 1. The molecule has 2 aliphatic rings. The topological polar surface area (TPSA) is 58.4 Å². The van der Waals surface area contributed by atoms with Gasteiger partial charge in [-0.2, -0.15) is 0 Å². The van der Waals surface area contributed by atoms with Crippen LogP contribution in [0.1, 0.15) is 62.9 Å². The van der Waals surface area contributed by atoms with Crippen molar-refractivity contribution < 1.29 is 9.90 Å². The summed E-state index contributed by atoms with van der Waals surface area (Å²) in [6.07, 6.45) is 6.13. The number of carboxylic acid groups (broad SMARTS) is 1. The van der Waals surface area contributed by atoms with Gasteiger partial charge >= 0.3 is 5.97 Å². The van der Waals surface area contributed by atoms with E-state index in [2.05, 4.69) is 29.5 Å². The highest BCUT2D eigenvalue weighted by atomic mass is 16.4. The van der Waals surface area contributed by atoms with Crippen molar-refractivity contribution in [3.05, 3.63) is 17.7 Å². The molecule has 1 aromatic rings. The third-order valence-electron chi connectivity index (χ3n) is 4.93.